The molecule has 0 radical (unpaired) electrons. The zero-order valence-corrected chi connectivity index (χ0v) is 11.1. The summed E-state index contributed by atoms with van der Waals surface area (Å²) in [6, 6.07) is 3.83. The van der Waals surface area contributed by atoms with Crippen LogP contribution in [0, 0.1) is 0 Å². The molecule has 0 amide bonds. The maximum atomic E-state index is 5.93. The van der Waals surface area contributed by atoms with Gasteiger partial charge in [-0.15, -0.1) is 0 Å². The molecule has 0 bridgehead atoms. The minimum absolute atomic E-state index is 0.559. The van der Waals surface area contributed by atoms with E-state index in [1.807, 2.05) is 16.7 Å². The molecule has 0 spiro atoms. The number of hydrogen-bond donors (Lipinski definition) is 1. The number of anilines is 1. The number of nitrogen functional groups attached to an aromatic ring is 1. The van der Waals surface area contributed by atoms with E-state index in [0.717, 1.165) is 43.8 Å². The van der Waals surface area contributed by atoms with Crippen molar-refractivity contribution in [1.82, 2.24) is 19.4 Å². The van der Waals surface area contributed by atoms with Gasteiger partial charge in [-0.25, -0.2) is 9.97 Å². The molecule has 0 fully saturated rings. The third-order valence-electron chi connectivity index (χ3n) is 3.28. The van der Waals surface area contributed by atoms with Crippen molar-refractivity contribution in [2.45, 2.75) is 26.8 Å². The average Bonchev–Trinajstić information content (AvgIpc) is 2.71. The third kappa shape index (κ3) is 2.61. The topological polar surface area (TPSA) is 60.0 Å². The van der Waals surface area contributed by atoms with Crippen LogP contribution in [0.1, 0.15) is 20.3 Å². The van der Waals surface area contributed by atoms with Gasteiger partial charge in [0.05, 0.1) is 0 Å². The molecule has 0 atom stereocenters. The summed E-state index contributed by atoms with van der Waals surface area (Å²) in [5, 5.41) is 0. The standard InChI is InChI=1S/C13H21N5/c1-3-17(4-2)9-6-10-18-12-11(16-13(18)14)7-5-8-15-12/h5,7-8H,3-4,6,9-10H2,1-2H3,(H2,14,16). The van der Waals surface area contributed by atoms with Crippen LogP contribution in [0.4, 0.5) is 5.95 Å². The molecule has 5 nitrogen and oxygen atoms in total. The first-order chi connectivity index (χ1) is 8.76. The first-order valence-electron chi connectivity index (χ1n) is 6.55. The quantitative estimate of drug-likeness (QED) is 0.844. The Morgan fingerprint density at radius 2 is 2.11 bits per heavy atom. The van der Waals surface area contributed by atoms with Crippen molar-refractivity contribution < 1.29 is 0 Å². The number of rotatable bonds is 6. The summed E-state index contributed by atoms with van der Waals surface area (Å²) in [4.78, 5) is 11.1. The molecular weight excluding hydrogens is 226 g/mol. The van der Waals surface area contributed by atoms with Crippen LogP contribution in [0.3, 0.4) is 0 Å². The van der Waals surface area contributed by atoms with Gasteiger partial charge in [0.15, 0.2) is 5.65 Å². The minimum atomic E-state index is 0.559. The number of nitrogens with two attached hydrogens (primary N) is 1. The second kappa shape index (κ2) is 5.82. The highest BCUT2D eigenvalue weighted by molar-refractivity contribution is 5.73. The van der Waals surface area contributed by atoms with Crippen molar-refractivity contribution in [3.63, 3.8) is 0 Å². The normalized spacial score (nSPS) is 11.5. The summed E-state index contributed by atoms with van der Waals surface area (Å²) in [5.74, 6) is 0.559. The SMILES string of the molecule is CCN(CC)CCCn1c(N)nc2cccnc21. The molecule has 18 heavy (non-hydrogen) atoms. The monoisotopic (exact) mass is 247 g/mol. The first kappa shape index (κ1) is 12.8. The fourth-order valence-corrected chi connectivity index (χ4v) is 2.19. The Balaban J connectivity index is 2.05. The maximum absolute atomic E-state index is 5.93. The van der Waals surface area contributed by atoms with E-state index in [1.54, 1.807) is 6.20 Å². The number of fused-ring (bicyclic) bond motifs is 1. The number of pyridine rings is 1. The molecule has 5 heteroatoms. The lowest BCUT2D eigenvalue weighted by molar-refractivity contribution is 0.294. The lowest BCUT2D eigenvalue weighted by Gasteiger charge is -2.17. The fourth-order valence-electron chi connectivity index (χ4n) is 2.19. The van der Waals surface area contributed by atoms with Gasteiger partial charge in [-0.05, 0) is 38.2 Å². The van der Waals surface area contributed by atoms with Gasteiger partial charge >= 0.3 is 0 Å². The summed E-state index contributed by atoms with van der Waals surface area (Å²) in [6.07, 6.45) is 2.85. The van der Waals surface area contributed by atoms with Crippen LogP contribution in [0.5, 0.6) is 0 Å². The number of imidazole rings is 1. The molecule has 0 saturated carbocycles. The van der Waals surface area contributed by atoms with Gasteiger partial charge in [0.1, 0.15) is 5.52 Å². The smallest absolute Gasteiger partial charge is 0.202 e. The van der Waals surface area contributed by atoms with E-state index in [1.165, 1.54) is 0 Å². The molecule has 2 heterocycles. The van der Waals surface area contributed by atoms with Crippen LogP contribution in [-0.4, -0.2) is 39.1 Å². The molecule has 0 aliphatic heterocycles. The molecule has 0 aliphatic carbocycles. The van der Waals surface area contributed by atoms with E-state index in [9.17, 15) is 0 Å². The molecule has 2 aromatic rings. The predicted octanol–water partition coefficient (Wildman–Crippen LogP) is 1.75. The van der Waals surface area contributed by atoms with Crippen molar-refractivity contribution >= 4 is 17.1 Å². The van der Waals surface area contributed by atoms with Crippen LogP contribution >= 0.6 is 0 Å². The Morgan fingerprint density at radius 3 is 2.83 bits per heavy atom. The number of hydrogen-bond acceptors (Lipinski definition) is 4. The van der Waals surface area contributed by atoms with Crippen molar-refractivity contribution in [3.8, 4) is 0 Å². The Kier molecular flexibility index (Phi) is 4.15. The Labute approximate surface area is 108 Å². The molecule has 2 N–H and O–H groups in total. The Morgan fingerprint density at radius 1 is 1.33 bits per heavy atom. The van der Waals surface area contributed by atoms with Crippen LogP contribution in [0.25, 0.3) is 11.2 Å². The lowest BCUT2D eigenvalue weighted by atomic mass is 10.3. The van der Waals surface area contributed by atoms with Gasteiger partial charge in [-0.3, -0.25) is 4.57 Å². The van der Waals surface area contributed by atoms with Crippen molar-refractivity contribution in [3.05, 3.63) is 18.3 Å². The summed E-state index contributed by atoms with van der Waals surface area (Å²) in [6.45, 7) is 8.51. The maximum Gasteiger partial charge on any atom is 0.202 e. The molecule has 98 valence electrons. The van der Waals surface area contributed by atoms with Crippen molar-refractivity contribution in [2.75, 3.05) is 25.4 Å². The molecule has 0 saturated heterocycles. The highest BCUT2D eigenvalue weighted by Crippen LogP contribution is 2.15. The zero-order chi connectivity index (χ0) is 13.0. The lowest BCUT2D eigenvalue weighted by Crippen LogP contribution is -2.25. The number of aryl methyl sites for hydroxylation is 1. The van der Waals surface area contributed by atoms with E-state index >= 15 is 0 Å². The summed E-state index contributed by atoms with van der Waals surface area (Å²) >= 11 is 0. The third-order valence-corrected chi connectivity index (χ3v) is 3.28. The van der Waals surface area contributed by atoms with Crippen molar-refractivity contribution in [2.24, 2.45) is 0 Å². The largest absolute Gasteiger partial charge is 0.369 e. The van der Waals surface area contributed by atoms with Gasteiger partial charge in [0, 0.05) is 12.7 Å². The molecule has 0 aliphatic rings. The number of nitrogens with zero attached hydrogens (tertiary/aromatic N) is 4. The second-order valence-electron chi connectivity index (χ2n) is 4.35. The predicted molar refractivity (Wildman–Crippen MR) is 74.3 cm³/mol. The molecule has 0 aromatic carbocycles. The molecule has 2 aromatic heterocycles. The minimum Gasteiger partial charge on any atom is -0.369 e. The van der Waals surface area contributed by atoms with Gasteiger partial charge in [0.25, 0.3) is 0 Å². The van der Waals surface area contributed by atoms with E-state index in [-0.39, 0.29) is 0 Å². The Bertz CT molecular complexity index is 501. The highest BCUT2D eigenvalue weighted by atomic mass is 15.2. The van der Waals surface area contributed by atoms with E-state index in [4.69, 9.17) is 5.73 Å². The second-order valence-corrected chi connectivity index (χ2v) is 4.35. The van der Waals surface area contributed by atoms with E-state index in [2.05, 4.69) is 28.7 Å². The summed E-state index contributed by atoms with van der Waals surface area (Å²) in [5.41, 5.74) is 7.69. The highest BCUT2D eigenvalue weighted by Gasteiger charge is 2.08. The summed E-state index contributed by atoms with van der Waals surface area (Å²) < 4.78 is 2.00. The molecule has 2 rings (SSSR count). The summed E-state index contributed by atoms with van der Waals surface area (Å²) in [7, 11) is 0. The number of aromatic nitrogens is 3. The fraction of sp³-hybridized carbons (Fsp3) is 0.538. The van der Waals surface area contributed by atoms with E-state index < -0.39 is 0 Å². The molecular formula is C13H21N5. The van der Waals surface area contributed by atoms with Crippen molar-refractivity contribution in [1.29, 1.82) is 0 Å². The molecule has 0 unspecified atom stereocenters. The van der Waals surface area contributed by atoms with Crippen LogP contribution in [-0.2, 0) is 6.54 Å². The van der Waals surface area contributed by atoms with Crippen LogP contribution in [0.2, 0.25) is 0 Å². The van der Waals surface area contributed by atoms with Crippen LogP contribution < -0.4 is 5.73 Å². The first-order valence-corrected chi connectivity index (χ1v) is 6.55. The van der Waals surface area contributed by atoms with E-state index in [0.29, 0.717) is 5.95 Å². The van der Waals surface area contributed by atoms with Gasteiger partial charge in [-0.2, -0.15) is 0 Å². The average molecular weight is 247 g/mol. The van der Waals surface area contributed by atoms with Gasteiger partial charge < -0.3 is 10.6 Å². The van der Waals surface area contributed by atoms with Gasteiger partial charge in [-0.1, -0.05) is 13.8 Å². The van der Waals surface area contributed by atoms with Crippen LogP contribution in [0.15, 0.2) is 18.3 Å². The Hall–Kier alpha value is -1.62. The zero-order valence-electron chi connectivity index (χ0n) is 11.1. The van der Waals surface area contributed by atoms with Gasteiger partial charge in [0.2, 0.25) is 5.95 Å².